The number of aromatic amines is 1. The number of aromatic nitrogens is 4. The number of nitrogens with one attached hydrogen (secondary N) is 1. The van der Waals surface area contributed by atoms with Crippen LogP contribution in [-0.2, 0) is 31.5 Å². The summed E-state index contributed by atoms with van der Waals surface area (Å²) in [4.78, 5) is 22.4. The fourth-order valence-corrected chi connectivity index (χ4v) is 4.64. The van der Waals surface area contributed by atoms with Gasteiger partial charge in [-0.1, -0.05) is 60.2 Å². The van der Waals surface area contributed by atoms with Crippen LogP contribution >= 0.6 is 0 Å². The van der Waals surface area contributed by atoms with Crippen LogP contribution in [0.3, 0.4) is 0 Å². The molecule has 180 valence electrons. The summed E-state index contributed by atoms with van der Waals surface area (Å²) in [7, 11) is 1.79. The number of imidazole rings is 1. The molecule has 36 heavy (non-hydrogen) atoms. The van der Waals surface area contributed by atoms with E-state index in [0.29, 0.717) is 30.3 Å². The average molecular weight is 480 g/mol. The van der Waals surface area contributed by atoms with Crippen LogP contribution in [0.5, 0.6) is 5.75 Å². The van der Waals surface area contributed by atoms with E-state index in [0.717, 1.165) is 38.9 Å². The minimum Gasteiger partial charge on any atom is -0.504 e. The van der Waals surface area contributed by atoms with Gasteiger partial charge >= 0.3 is 6.09 Å². The summed E-state index contributed by atoms with van der Waals surface area (Å²) in [6, 6.07) is 21.5. The van der Waals surface area contributed by atoms with Gasteiger partial charge in [-0.2, -0.15) is 5.10 Å². The first kappa shape index (κ1) is 21.9. The van der Waals surface area contributed by atoms with Gasteiger partial charge < -0.3 is 14.8 Å². The van der Waals surface area contributed by atoms with Crippen LogP contribution in [0.4, 0.5) is 4.79 Å². The largest absolute Gasteiger partial charge is 0.504 e. The van der Waals surface area contributed by atoms with Gasteiger partial charge in [0.05, 0.1) is 11.0 Å². The quantitative estimate of drug-likeness (QED) is 0.365. The van der Waals surface area contributed by atoms with Gasteiger partial charge in [-0.05, 0) is 35.7 Å². The average Bonchev–Trinajstić information content (AvgIpc) is 3.56. The lowest BCUT2D eigenvalue weighted by Crippen LogP contribution is -2.25. The number of nitrogens with zero attached hydrogens (tertiary/aromatic N) is 4. The number of ether oxygens (including phenoxy) is 1. The van der Waals surface area contributed by atoms with Gasteiger partial charge in [0.25, 0.3) is 0 Å². The maximum Gasteiger partial charge on any atom is 0.410 e. The van der Waals surface area contributed by atoms with Gasteiger partial charge in [-0.15, -0.1) is 0 Å². The van der Waals surface area contributed by atoms with Gasteiger partial charge in [0.15, 0.2) is 11.6 Å². The Morgan fingerprint density at radius 1 is 1.06 bits per heavy atom. The van der Waals surface area contributed by atoms with Gasteiger partial charge in [0, 0.05) is 25.7 Å². The minimum absolute atomic E-state index is 0.0836. The fraction of sp³-hybridized carbons (Fsp3) is 0.179. The molecule has 5 aromatic rings. The first-order chi connectivity index (χ1) is 17.5. The first-order valence-corrected chi connectivity index (χ1v) is 11.8. The van der Waals surface area contributed by atoms with Crippen molar-refractivity contribution in [2.45, 2.75) is 26.6 Å². The van der Waals surface area contributed by atoms with Crippen molar-refractivity contribution >= 4 is 17.1 Å². The van der Waals surface area contributed by atoms with Crippen LogP contribution in [0.1, 0.15) is 22.3 Å². The molecule has 0 aliphatic carbocycles. The maximum absolute atomic E-state index is 12.6. The molecule has 1 aliphatic heterocycles. The fourth-order valence-electron chi connectivity index (χ4n) is 4.64. The molecule has 2 N–H and O–H groups in total. The van der Waals surface area contributed by atoms with Gasteiger partial charge in [-0.25, -0.2) is 9.78 Å². The summed E-state index contributed by atoms with van der Waals surface area (Å²) in [6.45, 7) is 3.21. The Balaban J connectivity index is 1.23. The Morgan fingerprint density at radius 2 is 1.78 bits per heavy atom. The molecule has 0 unspecified atom stereocenters. The zero-order valence-electron chi connectivity index (χ0n) is 20.0. The van der Waals surface area contributed by atoms with E-state index >= 15 is 0 Å². The lowest BCUT2D eigenvalue weighted by Gasteiger charge is -2.15. The van der Waals surface area contributed by atoms with Gasteiger partial charge in [0.1, 0.15) is 18.0 Å². The van der Waals surface area contributed by atoms with Crippen molar-refractivity contribution in [2.75, 3.05) is 0 Å². The number of H-pyrrole nitrogens is 1. The Bertz CT molecular complexity index is 1540. The monoisotopic (exact) mass is 479 g/mol. The molecule has 3 aromatic carbocycles. The molecule has 1 amide bonds. The third kappa shape index (κ3) is 3.86. The Kier molecular flexibility index (Phi) is 5.21. The molecule has 0 bridgehead atoms. The summed E-state index contributed by atoms with van der Waals surface area (Å²) in [5, 5.41) is 15.5. The molecule has 1 aliphatic rings. The van der Waals surface area contributed by atoms with E-state index in [2.05, 4.69) is 10.1 Å². The van der Waals surface area contributed by atoms with E-state index in [1.807, 2.05) is 73.7 Å². The molecule has 3 heterocycles. The second-order valence-electron chi connectivity index (χ2n) is 9.16. The number of benzene rings is 3. The summed E-state index contributed by atoms with van der Waals surface area (Å²) in [5.41, 5.74) is 7.65. The summed E-state index contributed by atoms with van der Waals surface area (Å²) < 4.78 is 7.14. The van der Waals surface area contributed by atoms with Crippen molar-refractivity contribution in [3.8, 4) is 28.5 Å². The Hall–Kier alpha value is -4.59. The molecular weight excluding hydrogens is 454 g/mol. The van der Waals surface area contributed by atoms with E-state index in [-0.39, 0.29) is 18.4 Å². The van der Waals surface area contributed by atoms with Crippen molar-refractivity contribution in [3.63, 3.8) is 0 Å². The lowest BCUT2D eigenvalue weighted by atomic mass is 10.1. The Morgan fingerprint density at radius 3 is 2.53 bits per heavy atom. The number of hydrogen-bond acceptors (Lipinski definition) is 5. The Labute approximate surface area is 207 Å². The molecular formula is C28H25N5O3. The number of carbonyl (C=O) groups is 1. The lowest BCUT2D eigenvalue weighted by molar-refractivity contribution is 0.0955. The topological polar surface area (TPSA) is 96.3 Å². The molecule has 8 heteroatoms. The highest BCUT2D eigenvalue weighted by atomic mass is 16.6. The molecule has 2 aromatic heterocycles. The number of rotatable bonds is 4. The zero-order valence-corrected chi connectivity index (χ0v) is 20.0. The van der Waals surface area contributed by atoms with E-state index < -0.39 is 0 Å². The molecule has 0 saturated heterocycles. The van der Waals surface area contributed by atoms with Crippen LogP contribution in [0.15, 0.2) is 66.7 Å². The zero-order chi connectivity index (χ0) is 24.8. The highest BCUT2D eigenvalue weighted by molar-refractivity contribution is 5.84. The van der Waals surface area contributed by atoms with Crippen LogP contribution < -0.4 is 0 Å². The molecule has 0 radical (unpaired) electrons. The summed E-state index contributed by atoms with van der Waals surface area (Å²) >= 11 is 0. The van der Waals surface area contributed by atoms with Crippen molar-refractivity contribution < 1.29 is 14.6 Å². The number of hydrogen-bond donors (Lipinski definition) is 2. The SMILES string of the molecule is Cc1ccc(-c2nn(C)c(-c3nc4cc5c(cc4[nH]3)CN(C(=O)OCc3ccccc3)C5)c2O)cc1. The van der Waals surface area contributed by atoms with Crippen LogP contribution in [-0.4, -0.2) is 35.8 Å². The predicted molar refractivity (Wildman–Crippen MR) is 136 cm³/mol. The smallest absolute Gasteiger partial charge is 0.410 e. The normalized spacial score (nSPS) is 12.8. The molecule has 0 fully saturated rings. The number of carbonyl (C=O) groups excluding carboxylic acids is 1. The van der Waals surface area contributed by atoms with Crippen molar-refractivity contribution in [1.29, 1.82) is 0 Å². The van der Waals surface area contributed by atoms with Gasteiger partial charge in [-0.3, -0.25) is 9.58 Å². The predicted octanol–water partition coefficient (Wildman–Crippen LogP) is 5.30. The maximum atomic E-state index is 12.6. The second kappa shape index (κ2) is 8.57. The third-order valence-electron chi connectivity index (χ3n) is 6.56. The molecule has 0 atom stereocenters. The number of aromatic hydroxyl groups is 1. The number of amides is 1. The van der Waals surface area contributed by atoms with Crippen molar-refractivity contribution in [1.82, 2.24) is 24.6 Å². The molecule has 6 rings (SSSR count). The highest BCUT2D eigenvalue weighted by Gasteiger charge is 2.27. The van der Waals surface area contributed by atoms with E-state index in [9.17, 15) is 9.90 Å². The number of aryl methyl sites for hydroxylation is 2. The first-order valence-electron chi connectivity index (χ1n) is 11.8. The highest BCUT2D eigenvalue weighted by Crippen LogP contribution is 2.37. The van der Waals surface area contributed by atoms with E-state index in [4.69, 9.17) is 9.72 Å². The third-order valence-corrected chi connectivity index (χ3v) is 6.56. The molecule has 8 nitrogen and oxygen atoms in total. The number of fused-ring (bicyclic) bond motifs is 2. The second-order valence-corrected chi connectivity index (χ2v) is 9.16. The molecule has 0 spiro atoms. The van der Waals surface area contributed by atoms with Crippen LogP contribution in [0.25, 0.3) is 33.8 Å². The molecule has 0 saturated carbocycles. The van der Waals surface area contributed by atoms with Crippen LogP contribution in [0, 0.1) is 6.92 Å². The van der Waals surface area contributed by atoms with E-state index in [1.54, 1.807) is 16.6 Å². The summed E-state index contributed by atoms with van der Waals surface area (Å²) in [5.74, 6) is 0.624. The van der Waals surface area contributed by atoms with Crippen molar-refractivity contribution in [3.05, 3.63) is 89.0 Å². The van der Waals surface area contributed by atoms with Crippen molar-refractivity contribution in [2.24, 2.45) is 7.05 Å². The van der Waals surface area contributed by atoms with E-state index in [1.165, 1.54) is 0 Å². The summed E-state index contributed by atoms with van der Waals surface area (Å²) in [6.07, 6.45) is -0.337. The van der Waals surface area contributed by atoms with Crippen LogP contribution in [0.2, 0.25) is 0 Å². The minimum atomic E-state index is -0.337. The standard InChI is InChI=1S/C28H25N5O3/c1-17-8-10-19(11-9-17)24-26(34)25(32(2)31-24)27-29-22-12-20-14-33(15-21(20)13-23(22)30-27)28(35)36-16-18-6-4-3-5-7-18/h3-13,34H,14-16H2,1-2H3,(H,29,30). The van der Waals surface area contributed by atoms with Gasteiger partial charge in [0.2, 0.25) is 0 Å².